The monoisotopic (exact) mass is 386 g/mol. The fourth-order valence-corrected chi connectivity index (χ4v) is 4.01. The maximum atomic E-state index is 13.1. The maximum Gasteiger partial charge on any atom is 0.339 e. The predicted octanol–water partition coefficient (Wildman–Crippen LogP) is 1.10. The Kier molecular flexibility index (Phi) is 4.03. The third kappa shape index (κ3) is 2.37. The third-order valence-electron chi connectivity index (χ3n) is 5.37. The predicted molar refractivity (Wildman–Crippen MR) is 92.5 cm³/mol. The number of urea groups is 1. The molecule has 3 fully saturated rings. The number of carbonyl (C=O) groups is 3. The molecule has 0 spiro atoms. The molecule has 0 radical (unpaired) electrons. The van der Waals surface area contributed by atoms with Crippen molar-refractivity contribution in [1.82, 2.24) is 14.9 Å². The van der Waals surface area contributed by atoms with Crippen molar-refractivity contribution < 1.29 is 24.2 Å². The van der Waals surface area contributed by atoms with Crippen molar-refractivity contribution in [2.24, 2.45) is 5.11 Å². The van der Waals surface area contributed by atoms with Gasteiger partial charge in [0, 0.05) is 11.5 Å². The van der Waals surface area contributed by atoms with Gasteiger partial charge in [0.25, 0.3) is 17.7 Å². The van der Waals surface area contributed by atoms with Crippen molar-refractivity contribution in [3.63, 3.8) is 0 Å². The van der Waals surface area contributed by atoms with Gasteiger partial charge in [-0.15, -0.1) is 0 Å². The molecule has 3 saturated heterocycles. The topological polar surface area (TPSA) is 139 Å². The number of amides is 4. The zero-order valence-corrected chi connectivity index (χ0v) is 15.1. The SMILES string of the molecule is C[C@@]1(C(=O)N=[N+]=[N-])O[C@@]2(O)[C@@H]3CCCN3C(=O)N(Cc3ccccc3)N2C1=O. The number of ether oxygens (including phenoxy) is 1. The number of hydrogen-bond donors (Lipinski definition) is 1. The van der Waals surface area contributed by atoms with Gasteiger partial charge in [-0.2, -0.15) is 5.01 Å². The Balaban J connectivity index is 1.80. The minimum Gasteiger partial charge on any atom is -0.346 e. The van der Waals surface area contributed by atoms with E-state index in [9.17, 15) is 19.5 Å². The van der Waals surface area contributed by atoms with Gasteiger partial charge in [-0.3, -0.25) is 9.59 Å². The van der Waals surface area contributed by atoms with E-state index in [1.165, 1.54) is 4.90 Å². The lowest BCUT2D eigenvalue weighted by molar-refractivity contribution is -0.336. The molecular formula is C17H18N6O5. The van der Waals surface area contributed by atoms with Crippen molar-refractivity contribution in [1.29, 1.82) is 0 Å². The number of fused-ring (bicyclic) bond motifs is 3. The van der Waals surface area contributed by atoms with E-state index in [1.807, 2.05) is 6.07 Å². The van der Waals surface area contributed by atoms with Gasteiger partial charge in [0.2, 0.25) is 5.60 Å². The van der Waals surface area contributed by atoms with Gasteiger partial charge in [0.05, 0.1) is 6.54 Å². The van der Waals surface area contributed by atoms with Crippen LogP contribution in [-0.4, -0.2) is 62.0 Å². The normalized spacial score (nSPS) is 31.5. The van der Waals surface area contributed by atoms with E-state index in [0.29, 0.717) is 19.4 Å². The summed E-state index contributed by atoms with van der Waals surface area (Å²) in [4.78, 5) is 42.4. The highest BCUT2D eigenvalue weighted by Crippen LogP contribution is 2.46. The molecule has 11 heteroatoms. The van der Waals surface area contributed by atoms with Gasteiger partial charge in [-0.25, -0.2) is 9.80 Å². The minimum atomic E-state index is -2.23. The summed E-state index contributed by atoms with van der Waals surface area (Å²) in [5.74, 6) is -4.37. The first-order valence-corrected chi connectivity index (χ1v) is 8.81. The van der Waals surface area contributed by atoms with E-state index >= 15 is 0 Å². The first-order chi connectivity index (χ1) is 13.3. The molecule has 0 bridgehead atoms. The highest BCUT2D eigenvalue weighted by atomic mass is 16.7. The first-order valence-electron chi connectivity index (χ1n) is 8.81. The molecule has 146 valence electrons. The van der Waals surface area contributed by atoms with Crippen LogP contribution in [0.5, 0.6) is 0 Å². The molecule has 3 aliphatic heterocycles. The average Bonchev–Trinajstić information content (AvgIpc) is 3.24. The molecule has 1 N–H and O–H groups in total. The Morgan fingerprint density at radius 2 is 2.11 bits per heavy atom. The van der Waals surface area contributed by atoms with Gasteiger partial charge in [0.15, 0.2) is 0 Å². The fraction of sp³-hybridized carbons (Fsp3) is 0.471. The largest absolute Gasteiger partial charge is 0.346 e. The van der Waals surface area contributed by atoms with Crippen LogP contribution in [0, 0.1) is 0 Å². The van der Waals surface area contributed by atoms with Gasteiger partial charge in [-0.05, 0) is 36.0 Å². The Morgan fingerprint density at radius 3 is 2.79 bits per heavy atom. The minimum absolute atomic E-state index is 0.00785. The fourth-order valence-electron chi connectivity index (χ4n) is 4.01. The highest BCUT2D eigenvalue weighted by Gasteiger charge is 2.71. The Labute approximate surface area is 159 Å². The molecule has 4 rings (SSSR count). The second-order valence-electron chi connectivity index (χ2n) is 7.08. The Hall–Kier alpha value is -3.14. The summed E-state index contributed by atoms with van der Waals surface area (Å²) in [6, 6.07) is 7.64. The number of aliphatic hydroxyl groups is 1. The van der Waals surface area contributed by atoms with E-state index in [0.717, 1.165) is 22.5 Å². The third-order valence-corrected chi connectivity index (χ3v) is 5.37. The van der Waals surface area contributed by atoms with Gasteiger partial charge in [0.1, 0.15) is 6.04 Å². The number of benzene rings is 1. The number of nitrogens with zero attached hydrogens (tertiary/aromatic N) is 6. The van der Waals surface area contributed by atoms with Crippen molar-refractivity contribution in [2.45, 2.75) is 43.9 Å². The number of hydrogen-bond acceptors (Lipinski definition) is 5. The summed E-state index contributed by atoms with van der Waals surface area (Å²) in [6.07, 6.45) is 1.02. The first kappa shape index (κ1) is 18.2. The van der Waals surface area contributed by atoms with Gasteiger partial charge in [-0.1, -0.05) is 30.3 Å². The molecule has 3 atom stereocenters. The summed E-state index contributed by atoms with van der Waals surface area (Å²) in [7, 11) is 0. The summed E-state index contributed by atoms with van der Waals surface area (Å²) in [6.45, 7) is 1.52. The second kappa shape index (κ2) is 6.20. The summed E-state index contributed by atoms with van der Waals surface area (Å²) in [5, 5.41) is 16.2. The van der Waals surface area contributed by atoms with Crippen LogP contribution in [0.15, 0.2) is 35.4 Å². The zero-order chi connectivity index (χ0) is 20.1. The lowest BCUT2D eigenvalue weighted by Crippen LogP contribution is -2.72. The van der Waals surface area contributed by atoms with E-state index in [4.69, 9.17) is 10.3 Å². The number of rotatable bonds is 3. The van der Waals surface area contributed by atoms with Gasteiger partial charge < -0.3 is 14.7 Å². The van der Waals surface area contributed by atoms with Crippen LogP contribution < -0.4 is 0 Å². The van der Waals surface area contributed by atoms with Crippen molar-refractivity contribution in [3.8, 4) is 0 Å². The molecule has 0 saturated carbocycles. The maximum absolute atomic E-state index is 13.1. The summed E-state index contributed by atoms with van der Waals surface area (Å²) in [5.41, 5.74) is 7.07. The van der Waals surface area contributed by atoms with Crippen molar-refractivity contribution in [3.05, 3.63) is 46.3 Å². The molecule has 0 aliphatic carbocycles. The van der Waals surface area contributed by atoms with Gasteiger partial charge >= 0.3 is 6.03 Å². The molecule has 0 aromatic heterocycles. The number of carbonyl (C=O) groups excluding carboxylic acids is 3. The molecule has 3 aliphatic rings. The van der Waals surface area contributed by atoms with Crippen LogP contribution >= 0.6 is 0 Å². The lowest BCUT2D eigenvalue weighted by Gasteiger charge is -2.50. The quantitative estimate of drug-likeness (QED) is 0.359. The smallest absolute Gasteiger partial charge is 0.339 e. The van der Waals surface area contributed by atoms with Crippen LogP contribution in [0.1, 0.15) is 25.3 Å². The molecule has 1 aromatic rings. The number of azide groups is 1. The van der Waals surface area contributed by atoms with E-state index < -0.39 is 35.4 Å². The van der Waals surface area contributed by atoms with E-state index in [2.05, 4.69) is 10.0 Å². The Bertz CT molecular complexity index is 903. The van der Waals surface area contributed by atoms with Crippen LogP contribution in [-0.2, 0) is 20.9 Å². The molecular weight excluding hydrogens is 368 g/mol. The van der Waals surface area contributed by atoms with Crippen LogP contribution in [0.3, 0.4) is 0 Å². The highest BCUT2D eigenvalue weighted by molar-refractivity contribution is 6.10. The van der Waals surface area contributed by atoms with Crippen molar-refractivity contribution >= 4 is 17.8 Å². The van der Waals surface area contributed by atoms with E-state index in [-0.39, 0.29) is 6.54 Å². The standard InChI is InChI=1S/C17H18N6O5/c1-16(13(24)19-20-18)14(25)23-17(27,28-16)12-8-5-9-21(12)15(26)22(23)10-11-6-3-2-4-7-11/h2-4,6-7,12,27H,5,8-10H2,1H3/t12-,16-,17-/m0/s1. The Morgan fingerprint density at radius 1 is 1.39 bits per heavy atom. The van der Waals surface area contributed by atoms with Crippen LogP contribution in [0.25, 0.3) is 10.4 Å². The molecule has 0 unspecified atom stereocenters. The summed E-state index contributed by atoms with van der Waals surface area (Å²) >= 11 is 0. The average molecular weight is 386 g/mol. The molecule has 3 heterocycles. The zero-order valence-electron chi connectivity index (χ0n) is 15.1. The molecule has 11 nitrogen and oxygen atoms in total. The molecule has 4 amide bonds. The second-order valence-corrected chi connectivity index (χ2v) is 7.08. The van der Waals surface area contributed by atoms with Crippen molar-refractivity contribution in [2.75, 3.05) is 6.54 Å². The lowest BCUT2D eigenvalue weighted by atomic mass is 10.1. The van der Waals surface area contributed by atoms with E-state index in [1.54, 1.807) is 24.3 Å². The molecule has 28 heavy (non-hydrogen) atoms. The van der Waals surface area contributed by atoms with Crippen LogP contribution in [0.4, 0.5) is 4.79 Å². The van der Waals surface area contributed by atoms with Crippen LogP contribution in [0.2, 0.25) is 0 Å². The molecule has 1 aromatic carbocycles. The summed E-state index contributed by atoms with van der Waals surface area (Å²) < 4.78 is 5.58. The number of hydrazine groups is 1.